The lowest BCUT2D eigenvalue weighted by Gasteiger charge is -2.13. The number of halogens is 1. The molecule has 0 fully saturated rings. The largest absolute Gasteiger partial charge is 0.366 e. The van der Waals surface area contributed by atoms with Crippen LogP contribution in [0.25, 0.3) is 0 Å². The Morgan fingerprint density at radius 3 is 2.45 bits per heavy atom. The maximum atomic E-state index is 11.4. The highest BCUT2D eigenvalue weighted by molar-refractivity contribution is 9.10. The molecule has 5 heteroatoms. The van der Waals surface area contributed by atoms with Crippen molar-refractivity contribution in [3.63, 3.8) is 0 Å². The summed E-state index contributed by atoms with van der Waals surface area (Å²) < 4.78 is 1.00. The zero-order valence-electron chi connectivity index (χ0n) is 10.8. The van der Waals surface area contributed by atoms with E-state index in [9.17, 15) is 4.79 Å². The number of hydrogen-bond acceptors (Lipinski definition) is 2. The fourth-order valence-electron chi connectivity index (χ4n) is 1.85. The summed E-state index contributed by atoms with van der Waals surface area (Å²) in [5.74, 6) is -0.489. The number of amides is 1. The predicted octanol–water partition coefficient (Wildman–Crippen LogP) is 3.64. The van der Waals surface area contributed by atoms with E-state index in [1.54, 1.807) is 18.2 Å². The molecule has 1 amide bonds. The lowest BCUT2D eigenvalue weighted by atomic mass is 10.1. The van der Waals surface area contributed by atoms with Crippen molar-refractivity contribution >= 4 is 44.7 Å². The van der Waals surface area contributed by atoms with E-state index in [-0.39, 0.29) is 0 Å². The zero-order chi connectivity index (χ0) is 14.7. The third-order valence-electron chi connectivity index (χ3n) is 2.87. The Hall–Kier alpha value is -1.72. The molecule has 2 aromatic carbocycles. The fraction of sp³-hybridized carbons (Fsp3) is 0.0667. The summed E-state index contributed by atoms with van der Waals surface area (Å²) in [6.45, 7) is 1.98. The van der Waals surface area contributed by atoms with E-state index in [1.807, 2.05) is 31.2 Å². The van der Waals surface area contributed by atoms with Crippen LogP contribution in [0.5, 0.6) is 0 Å². The molecule has 0 spiro atoms. The van der Waals surface area contributed by atoms with Crippen LogP contribution in [0.2, 0.25) is 0 Å². The molecular formula is C15H13BrN2OS. The van der Waals surface area contributed by atoms with Crippen LogP contribution in [0.15, 0.2) is 46.9 Å². The molecule has 3 N–H and O–H groups in total. The van der Waals surface area contributed by atoms with Gasteiger partial charge in [0, 0.05) is 21.3 Å². The first kappa shape index (κ1) is 14.7. The Morgan fingerprint density at radius 2 is 1.85 bits per heavy atom. The normalized spacial score (nSPS) is 10.1. The number of benzene rings is 2. The average molecular weight is 349 g/mol. The first-order chi connectivity index (χ1) is 9.49. The molecule has 2 aromatic rings. The molecule has 20 heavy (non-hydrogen) atoms. The van der Waals surface area contributed by atoms with Crippen molar-refractivity contribution in [2.24, 2.45) is 5.73 Å². The summed E-state index contributed by atoms with van der Waals surface area (Å²) in [7, 11) is 0. The average Bonchev–Trinajstić information content (AvgIpc) is 2.41. The van der Waals surface area contributed by atoms with Gasteiger partial charge in [-0.05, 0) is 36.8 Å². The first-order valence-corrected chi connectivity index (χ1v) is 7.15. The van der Waals surface area contributed by atoms with Gasteiger partial charge in [-0.1, -0.05) is 46.3 Å². The van der Waals surface area contributed by atoms with E-state index in [0.29, 0.717) is 16.1 Å². The third-order valence-corrected chi connectivity index (χ3v) is 3.69. The minimum Gasteiger partial charge on any atom is -0.366 e. The monoisotopic (exact) mass is 348 g/mol. The summed E-state index contributed by atoms with van der Waals surface area (Å²) in [6.07, 6.45) is 0. The maximum absolute atomic E-state index is 11.4. The molecule has 0 aliphatic carbocycles. The van der Waals surface area contributed by atoms with E-state index in [4.69, 9.17) is 18.0 Å². The number of hydrogen-bond donors (Lipinski definition) is 2. The maximum Gasteiger partial charge on any atom is 0.249 e. The highest BCUT2D eigenvalue weighted by Gasteiger charge is 2.12. The molecule has 2 rings (SSSR count). The molecular weight excluding hydrogens is 336 g/mol. The summed E-state index contributed by atoms with van der Waals surface area (Å²) in [6, 6.07) is 12.9. The van der Waals surface area contributed by atoms with Crippen molar-refractivity contribution < 1.29 is 4.79 Å². The van der Waals surface area contributed by atoms with Crippen LogP contribution in [-0.2, 0) is 0 Å². The molecule has 3 nitrogen and oxygen atoms in total. The molecule has 0 saturated heterocycles. The number of thiocarbonyl (C=S) groups is 1. The quantitative estimate of drug-likeness (QED) is 0.832. The van der Waals surface area contributed by atoms with Gasteiger partial charge in [0.1, 0.15) is 4.99 Å². The summed E-state index contributed by atoms with van der Waals surface area (Å²) in [5.41, 5.74) is 8.37. The molecule has 0 aliphatic heterocycles. The highest BCUT2D eigenvalue weighted by Crippen LogP contribution is 2.21. The van der Waals surface area contributed by atoms with E-state index in [1.165, 1.54) is 0 Å². The fourth-order valence-corrected chi connectivity index (χ4v) is 2.62. The Bertz CT molecular complexity index is 685. The number of primary amides is 1. The van der Waals surface area contributed by atoms with Crippen molar-refractivity contribution in [1.29, 1.82) is 0 Å². The number of anilines is 1. The van der Waals surface area contributed by atoms with Gasteiger partial charge in [-0.3, -0.25) is 4.79 Å². The Morgan fingerprint density at radius 1 is 1.20 bits per heavy atom. The Balaban J connectivity index is 2.31. The minimum absolute atomic E-state index is 0.416. The summed E-state index contributed by atoms with van der Waals surface area (Å²) in [5, 5.41) is 3.15. The van der Waals surface area contributed by atoms with Gasteiger partial charge in [-0.15, -0.1) is 0 Å². The third kappa shape index (κ3) is 3.23. The van der Waals surface area contributed by atoms with Gasteiger partial charge in [0.25, 0.3) is 0 Å². The summed E-state index contributed by atoms with van der Waals surface area (Å²) in [4.78, 5) is 11.9. The SMILES string of the molecule is Cc1cc(Br)ccc1NC(=S)c1ccccc1C(N)=O. The number of carbonyl (C=O) groups excluding carboxylic acids is 1. The van der Waals surface area contributed by atoms with Gasteiger partial charge in [-0.25, -0.2) is 0 Å². The van der Waals surface area contributed by atoms with Crippen LogP contribution < -0.4 is 11.1 Å². The molecule has 0 aliphatic rings. The van der Waals surface area contributed by atoms with Crippen LogP contribution in [0, 0.1) is 6.92 Å². The molecule has 102 valence electrons. The standard InChI is InChI=1S/C15H13BrN2OS/c1-9-8-10(16)6-7-13(9)18-15(20)12-5-3-2-4-11(12)14(17)19/h2-8H,1H3,(H2,17,19)(H,18,20). The number of nitrogens with one attached hydrogen (secondary N) is 1. The van der Waals surface area contributed by atoms with Gasteiger partial charge in [0.05, 0.1) is 0 Å². The zero-order valence-corrected chi connectivity index (χ0v) is 13.2. The highest BCUT2D eigenvalue weighted by atomic mass is 79.9. The summed E-state index contributed by atoms with van der Waals surface area (Å²) >= 11 is 8.79. The predicted molar refractivity (Wildman–Crippen MR) is 89.2 cm³/mol. The van der Waals surface area contributed by atoms with Gasteiger partial charge >= 0.3 is 0 Å². The Kier molecular flexibility index (Phi) is 4.52. The van der Waals surface area contributed by atoms with E-state index < -0.39 is 5.91 Å². The van der Waals surface area contributed by atoms with E-state index in [2.05, 4.69) is 21.2 Å². The molecule has 0 heterocycles. The molecule has 0 bridgehead atoms. The number of carbonyl (C=O) groups is 1. The van der Waals surface area contributed by atoms with Crippen molar-refractivity contribution in [3.8, 4) is 0 Å². The topological polar surface area (TPSA) is 55.1 Å². The van der Waals surface area contributed by atoms with Crippen molar-refractivity contribution in [2.45, 2.75) is 6.92 Å². The minimum atomic E-state index is -0.489. The van der Waals surface area contributed by atoms with Crippen LogP contribution in [-0.4, -0.2) is 10.9 Å². The van der Waals surface area contributed by atoms with Gasteiger partial charge in [0.15, 0.2) is 0 Å². The first-order valence-electron chi connectivity index (χ1n) is 5.95. The number of aryl methyl sites for hydroxylation is 1. The molecule has 0 saturated carbocycles. The van der Waals surface area contributed by atoms with Crippen molar-refractivity contribution in [2.75, 3.05) is 5.32 Å². The molecule has 0 aromatic heterocycles. The smallest absolute Gasteiger partial charge is 0.249 e. The Labute approximate surface area is 131 Å². The lowest BCUT2D eigenvalue weighted by molar-refractivity contribution is 0.1000. The molecule has 0 radical (unpaired) electrons. The van der Waals surface area contributed by atoms with Crippen LogP contribution in [0.4, 0.5) is 5.69 Å². The van der Waals surface area contributed by atoms with Gasteiger partial charge in [0.2, 0.25) is 5.91 Å². The van der Waals surface area contributed by atoms with Gasteiger partial charge < -0.3 is 11.1 Å². The number of nitrogens with two attached hydrogens (primary N) is 1. The van der Waals surface area contributed by atoms with E-state index >= 15 is 0 Å². The van der Waals surface area contributed by atoms with Crippen LogP contribution in [0.1, 0.15) is 21.5 Å². The molecule has 0 unspecified atom stereocenters. The molecule has 0 atom stereocenters. The van der Waals surface area contributed by atoms with Crippen molar-refractivity contribution in [3.05, 3.63) is 63.6 Å². The van der Waals surface area contributed by atoms with E-state index in [0.717, 1.165) is 15.7 Å². The van der Waals surface area contributed by atoms with Crippen LogP contribution >= 0.6 is 28.1 Å². The number of rotatable bonds is 3. The second kappa shape index (κ2) is 6.15. The second-order valence-corrected chi connectivity index (χ2v) is 5.65. The second-order valence-electron chi connectivity index (χ2n) is 4.32. The lowest BCUT2D eigenvalue weighted by Crippen LogP contribution is -2.19. The van der Waals surface area contributed by atoms with Crippen molar-refractivity contribution in [1.82, 2.24) is 0 Å². The van der Waals surface area contributed by atoms with Gasteiger partial charge in [-0.2, -0.15) is 0 Å². The van der Waals surface area contributed by atoms with Crippen LogP contribution in [0.3, 0.4) is 0 Å².